The molecule has 4 nitrogen and oxygen atoms in total. The van der Waals surface area contributed by atoms with E-state index in [4.69, 9.17) is 4.74 Å². The quantitative estimate of drug-likeness (QED) is 0.924. The lowest BCUT2D eigenvalue weighted by atomic mass is 9.87. The molecule has 0 aromatic heterocycles. The third kappa shape index (κ3) is 3.21. The van der Waals surface area contributed by atoms with E-state index in [9.17, 15) is 4.79 Å². The SMILES string of the molecule is CNC1CCCc2ccc(OCC(=O)N3CCCC3)cc21. The number of amides is 1. The van der Waals surface area contributed by atoms with Gasteiger partial charge in [-0.1, -0.05) is 6.07 Å². The molecule has 21 heavy (non-hydrogen) atoms. The normalized spacial score (nSPS) is 21.2. The second-order valence-electron chi connectivity index (χ2n) is 5.97. The third-order valence-electron chi connectivity index (χ3n) is 4.60. The molecule has 0 bridgehead atoms. The number of nitrogens with zero attached hydrogens (tertiary/aromatic N) is 1. The number of aryl methyl sites for hydroxylation is 1. The van der Waals surface area contributed by atoms with Crippen molar-refractivity contribution in [3.8, 4) is 5.75 Å². The average molecular weight is 288 g/mol. The summed E-state index contributed by atoms with van der Waals surface area (Å²) in [4.78, 5) is 13.9. The fourth-order valence-electron chi connectivity index (χ4n) is 3.37. The van der Waals surface area contributed by atoms with Crippen LogP contribution in [0.2, 0.25) is 0 Å². The summed E-state index contributed by atoms with van der Waals surface area (Å²) < 4.78 is 5.72. The number of ether oxygens (including phenoxy) is 1. The van der Waals surface area contributed by atoms with Crippen LogP contribution in [0, 0.1) is 0 Å². The van der Waals surface area contributed by atoms with Gasteiger partial charge in [-0.3, -0.25) is 4.79 Å². The number of nitrogens with one attached hydrogen (secondary N) is 1. The molecule has 0 spiro atoms. The van der Waals surface area contributed by atoms with Crippen molar-refractivity contribution in [3.05, 3.63) is 29.3 Å². The van der Waals surface area contributed by atoms with Gasteiger partial charge in [0.2, 0.25) is 0 Å². The largest absolute Gasteiger partial charge is 0.484 e. The van der Waals surface area contributed by atoms with Gasteiger partial charge in [0.15, 0.2) is 6.61 Å². The van der Waals surface area contributed by atoms with Crippen LogP contribution in [0.4, 0.5) is 0 Å². The zero-order valence-electron chi connectivity index (χ0n) is 12.7. The molecule has 1 aromatic carbocycles. The van der Waals surface area contributed by atoms with Gasteiger partial charge in [0.05, 0.1) is 0 Å². The number of carbonyl (C=O) groups excluding carboxylic acids is 1. The number of fused-ring (bicyclic) bond motifs is 1. The van der Waals surface area contributed by atoms with Crippen molar-refractivity contribution in [3.63, 3.8) is 0 Å². The highest BCUT2D eigenvalue weighted by molar-refractivity contribution is 5.78. The second kappa shape index (κ2) is 6.48. The molecule has 1 aliphatic carbocycles. The topological polar surface area (TPSA) is 41.6 Å². The van der Waals surface area contributed by atoms with Crippen molar-refractivity contribution >= 4 is 5.91 Å². The van der Waals surface area contributed by atoms with Crippen LogP contribution in [0.15, 0.2) is 18.2 Å². The van der Waals surface area contributed by atoms with Crippen molar-refractivity contribution in [2.45, 2.75) is 38.1 Å². The van der Waals surface area contributed by atoms with Crippen LogP contribution in [0.1, 0.15) is 42.9 Å². The van der Waals surface area contributed by atoms with E-state index in [2.05, 4.69) is 17.4 Å². The molecule has 1 atom stereocenters. The first-order chi connectivity index (χ1) is 10.3. The van der Waals surface area contributed by atoms with Crippen LogP contribution in [0.25, 0.3) is 0 Å². The number of benzene rings is 1. The Morgan fingerprint density at radius 3 is 2.90 bits per heavy atom. The minimum Gasteiger partial charge on any atom is -0.484 e. The van der Waals surface area contributed by atoms with Crippen molar-refractivity contribution < 1.29 is 9.53 Å². The lowest BCUT2D eigenvalue weighted by Crippen LogP contribution is -2.32. The van der Waals surface area contributed by atoms with Crippen molar-refractivity contribution in [1.82, 2.24) is 10.2 Å². The summed E-state index contributed by atoms with van der Waals surface area (Å²) in [7, 11) is 2.00. The second-order valence-corrected chi connectivity index (χ2v) is 5.97. The molecule has 1 heterocycles. The molecule has 4 heteroatoms. The monoisotopic (exact) mass is 288 g/mol. The van der Waals surface area contributed by atoms with Crippen LogP contribution in [0.5, 0.6) is 5.75 Å². The van der Waals surface area contributed by atoms with Crippen molar-refractivity contribution in [1.29, 1.82) is 0 Å². The number of hydrogen-bond donors (Lipinski definition) is 1. The Bertz CT molecular complexity index is 510. The molecule has 1 unspecified atom stereocenters. The van der Waals surface area contributed by atoms with E-state index in [0.717, 1.165) is 38.1 Å². The minimum atomic E-state index is 0.107. The molecule has 2 aliphatic rings. The molecule has 3 rings (SSSR count). The summed E-state index contributed by atoms with van der Waals surface area (Å²) in [6, 6.07) is 6.65. The van der Waals surface area contributed by atoms with E-state index < -0.39 is 0 Å². The van der Waals surface area contributed by atoms with Crippen LogP contribution in [-0.2, 0) is 11.2 Å². The van der Waals surface area contributed by atoms with Crippen LogP contribution >= 0.6 is 0 Å². The zero-order chi connectivity index (χ0) is 14.7. The van der Waals surface area contributed by atoms with E-state index in [0.29, 0.717) is 6.04 Å². The summed E-state index contributed by atoms with van der Waals surface area (Å²) in [6.07, 6.45) is 5.77. The maximum absolute atomic E-state index is 12.0. The van der Waals surface area contributed by atoms with Gasteiger partial charge < -0.3 is 15.0 Å². The van der Waals surface area contributed by atoms with E-state index in [1.165, 1.54) is 24.0 Å². The summed E-state index contributed by atoms with van der Waals surface area (Å²) in [6.45, 7) is 1.92. The molecule has 1 N–H and O–H groups in total. The van der Waals surface area contributed by atoms with Crippen LogP contribution in [-0.4, -0.2) is 37.6 Å². The lowest BCUT2D eigenvalue weighted by molar-refractivity contribution is -0.132. The van der Waals surface area contributed by atoms with E-state index in [1.807, 2.05) is 18.0 Å². The lowest BCUT2D eigenvalue weighted by Gasteiger charge is -2.25. The van der Waals surface area contributed by atoms with Gasteiger partial charge in [-0.15, -0.1) is 0 Å². The maximum atomic E-state index is 12.0. The molecular formula is C17H24N2O2. The van der Waals surface area contributed by atoms with Gasteiger partial charge in [-0.05, 0) is 62.4 Å². The zero-order valence-corrected chi connectivity index (χ0v) is 12.7. The first-order valence-electron chi connectivity index (χ1n) is 7.98. The Hall–Kier alpha value is -1.55. The molecule has 1 aromatic rings. The fourth-order valence-corrected chi connectivity index (χ4v) is 3.37. The summed E-state index contributed by atoms with van der Waals surface area (Å²) >= 11 is 0. The molecule has 1 amide bonds. The predicted octanol–water partition coefficient (Wildman–Crippen LogP) is 2.28. The number of rotatable bonds is 4. The van der Waals surface area contributed by atoms with Gasteiger partial charge >= 0.3 is 0 Å². The highest BCUT2D eigenvalue weighted by Crippen LogP contribution is 2.32. The summed E-state index contributed by atoms with van der Waals surface area (Å²) in [5, 5.41) is 3.37. The van der Waals surface area contributed by atoms with Gasteiger partial charge in [0.1, 0.15) is 5.75 Å². The Balaban J connectivity index is 1.64. The predicted molar refractivity (Wildman–Crippen MR) is 82.5 cm³/mol. The molecule has 1 fully saturated rings. The minimum absolute atomic E-state index is 0.107. The maximum Gasteiger partial charge on any atom is 0.260 e. The standard InChI is InChI=1S/C17H24N2O2/c1-18-16-6-4-5-13-7-8-14(11-15(13)16)21-12-17(20)19-9-2-3-10-19/h7-8,11,16,18H,2-6,9-10,12H2,1H3. The van der Waals surface area contributed by atoms with Crippen LogP contribution < -0.4 is 10.1 Å². The highest BCUT2D eigenvalue weighted by atomic mass is 16.5. The number of carbonyl (C=O) groups is 1. The Kier molecular flexibility index (Phi) is 4.44. The van der Waals surface area contributed by atoms with Crippen molar-refractivity contribution in [2.24, 2.45) is 0 Å². The van der Waals surface area contributed by atoms with E-state index >= 15 is 0 Å². The molecule has 1 aliphatic heterocycles. The van der Waals surface area contributed by atoms with Gasteiger partial charge in [0, 0.05) is 19.1 Å². The fraction of sp³-hybridized carbons (Fsp3) is 0.588. The number of likely N-dealkylation sites (tertiary alicyclic amines) is 1. The van der Waals surface area contributed by atoms with E-state index in [-0.39, 0.29) is 12.5 Å². The number of hydrogen-bond acceptors (Lipinski definition) is 3. The van der Waals surface area contributed by atoms with E-state index in [1.54, 1.807) is 0 Å². The van der Waals surface area contributed by atoms with Crippen LogP contribution in [0.3, 0.4) is 0 Å². The first-order valence-corrected chi connectivity index (χ1v) is 7.98. The Morgan fingerprint density at radius 1 is 1.33 bits per heavy atom. The Labute approximate surface area is 126 Å². The molecule has 0 radical (unpaired) electrons. The third-order valence-corrected chi connectivity index (χ3v) is 4.60. The molecular weight excluding hydrogens is 264 g/mol. The first kappa shape index (κ1) is 14.4. The molecule has 0 saturated carbocycles. The van der Waals surface area contributed by atoms with Gasteiger partial charge in [-0.2, -0.15) is 0 Å². The molecule has 1 saturated heterocycles. The summed E-state index contributed by atoms with van der Waals surface area (Å²) in [5.41, 5.74) is 2.73. The highest BCUT2D eigenvalue weighted by Gasteiger charge is 2.21. The van der Waals surface area contributed by atoms with Crippen molar-refractivity contribution in [2.75, 3.05) is 26.7 Å². The smallest absolute Gasteiger partial charge is 0.260 e. The molecule has 114 valence electrons. The summed E-state index contributed by atoms with van der Waals surface area (Å²) in [5.74, 6) is 0.916. The Morgan fingerprint density at radius 2 is 2.14 bits per heavy atom. The van der Waals surface area contributed by atoms with Gasteiger partial charge in [0.25, 0.3) is 5.91 Å². The van der Waals surface area contributed by atoms with Gasteiger partial charge in [-0.25, -0.2) is 0 Å². The average Bonchev–Trinajstić information content (AvgIpc) is 3.06.